The third-order valence-corrected chi connectivity index (χ3v) is 7.57. The molecule has 5 aromatic carbocycles. The predicted molar refractivity (Wildman–Crippen MR) is 151 cm³/mol. The molecule has 0 bridgehead atoms. The first-order valence-electron chi connectivity index (χ1n) is 12.6. The molecule has 0 radical (unpaired) electrons. The zero-order chi connectivity index (χ0) is 29.4. The Morgan fingerprint density at radius 3 is 1.57 bits per heavy atom. The number of carboxylic acids is 2. The number of rotatable bonds is 4. The van der Waals surface area contributed by atoms with Gasteiger partial charge in [0.25, 0.3) is 23.6 Å². The molecule has 0 atom stereocenters. The van der Waals surface area contributed by atoms with E-state index in [0.717, 1.165) is 32.7 Å². The van der Waals surface area contributed by atoms with Gasteiger partial charge in [-0.05, 0) is 70.8 Å². The van der Waals surface area contributed by atoms with Crippen LogP contribution in [0.3, 0.4) is 0 Å². The molecule has 7 rings (SSSR count). The summed E-state index contributed by atoms with van der Waals surface area (Å²) in [6.07, 6.45) is 0. The highest BCUT2D eigenvalue weighted by atomic mass is 16.4. The number of anilines is 2. The van der Waals surface area contributed by atoms with Gasteiger partial charge in [0.05, 0.1) is 44.8 Å². The van der Waals surface area contributed by atoms with Gasteiger partial charge in [0.1, 0.15) is 0 Å². The largest absolute Gasteiger partial charge is 0.478 e. The molecule has 42 heavy (non-hydrogen) atoms. The molecule has 4 amide bonds. The lowest BCUT2D eigenvalue weighted by Crippen LogP contribution is -2.35. The number of nitrogens with zero attached hydrogens (tertiary/aromatic N) is 2. The fourth-order valence-electron chi connectivity index (χ4n) is 5.57. The second-order valence-electron chi connectivity index (χ2n) is 9.88. The molecule has 0 fully saturated rings. The lowest BCUT2D eigenvalue weighted by atomic mass is 10.00. The Labute approximate surface area is 235 Å². The van der Waals surface area contributed by atoms with E-state index in [4.69, 9.17) is 0 Å². The predicted octanol–water partition coefficient (Wildman–Crippen LogP) is 4.99. The molecule has 5 aromatic rings. The monoisotopic (exact) mass is 556 g/mol. The number of benzene rings is 5. The van der Waals surface area contributed by atoms with Crippen LogP contribution in [0.2, 0.25) is 0 Å². The van der Waals surface area contributed by atoms with E-state index >= 15 is 0 Å². The first-order chi connectivity index (χ1) is 20.2. The molecular formula is C32H16N2O8. The number of carbonyl (C=O) groups excluding carboxylic acids is 4. The number of imide groups is 2. The fraction of sp³-hybridized carbons (Fsp3) is 0. The summed E-state index contributed by atoms with van der Waals surface area (Å²) in [6.45, 7) is 0. The maximum absolute atomic E-state index is 13.8. The molecule has 0 aromatic heterocycles. The molecule has 202 valence electrons. The molecular weight excluding hydrogens is 540 g/mol. The average molecular weight is 556 g/mol. The van der Waals surface area contributed by atoms with E-state index in [1.54, 1.807) is 12.1 Å². The van der Waals surface area contributed by atoms with Gasteiger partial charge in [-0.15, -0.1) is 0 Å². The first-order valence-corrected chi connectivity index (χ1v) is 12.6. The highest BCUT2D eigenvalue weighted by Gasteiger charge is 2.44. The van der Waals surface area contributed by atoms with Gasteiger partial charge in [-0.2, -0.15) is 0 Å². The van der Waals surface area contributed by atoms with E-state index < -0.39 is 35.6 Å². The Kier molecular flexibility index (Phi) is 5.13. The van der Waals surface area contributed by atoms with Gasteiger partial charge in [0, 0.05) is 5.39 Å². The van der Waals surface area contributed by atoms with E-state index in [9.17, 15) is 39.0 Å². The average Bonchev–Trinajstić information content (AvgIpc) is 3.38. The number of aromatic carboxylic acids is 2. The van der Waals surface area contributed by atoms with Gasteiger partial charge >= 0.3 is 11.9 Å². The van der Waals surface area contributed by atoms with Crippen molar-refractivity contribution in [2.24, 2.45) is 0 Å². The van der Waals surface area contributed by atoms with Crippen molar-refractivity contribution in [1.29, 1.82) is 0 Å². The summed E-state index contributed by atoms with van der Waals surface area (Å²) in [5, 5.41) is 21.5. The fourth-order valence-corrected chi connectivity index (χ4v) is 5.57. The Morgan fingerprint density at radius 2 is 1.00 bits per heavy atom. The molecule has 0 spiro atoms. The molecule has 0 unspecified atom stereocenters. The molecule has 10 nitrogen and oxygen atoms in total. The normalized spacial score (nSPS) is 14.2. The van der Waals surface area contributed by atoms with Crippen LogP contribution in [-0.4, -0.2) is 45.8 Å². The molecule has 0 saturated carbocycles. The van der Waals surface area contributed by atoms with Gasteiger partial charge in [-0.3, -0.25) is 19.2 Å². The summed E-state index contributed by atoms with van der Waals surface area (Å²) in [4.78, 5) is 79.7. The Balaban J connectivity index is 1.49. The molecule has 0 aliphatic carbocycles. The number of carboxylic acid groups (broad SMARTS) is 2. The second-order valence-corrected chi connectivity index (χ2v) is 9.88. The van der Waals surface area contributed by atoms with E-state index in [-0.39, 0.29) is 44.8 Å². The van der Waals surface area contributed by atoms with E-state index in [0.29, 0.717) is 10.8 Å². The Morgan fingerprint density at radius 1 is 0.500 bits per heavy atom. The molecule has 10 heteroatoms. The third kappa shape index (κ3) is 3.38. The summed E-state index contributed by atoms with van der Waals surface area (Å²) in [5.74, 6) is -5.69. The highest BCUT2D eigenvalue weighted by Crippen LogP contribution is 2.44. The van der Waals surface area contributed by atoms with Gasteiger partial charge in [0.15, 0.2) is 0 Å². The summed E-state index contributed by atoms with van der Waals surface area (Å²) in [6, 6.07) is 21.3. The van der Waals surface area contributed by atoms with Gasteiger partial charge < -0.3 is 10.2 Å². The zero-order valence-corrected chi connectivity index (χ0v) is 21.3. The lowest BCUT2D eigenvalue weighted by Gasteiger charge is -2.25. The zero-order valence-electron chi connectivity index (χ0n) is 21.3. The van der Waals surface area contributed by atoms with Crippen LogP contribution in [0, 0.1) is 0 Å². The van der Waals surface area contributed by atoms with Gasteiger partial charge in [0.2, 0.25) is 0 Å². The number of fused-ring (bicyclic) bond motifs is 4. The Bertz CT molecular complexity index is 2150. The quantitative estimate of drug-likeness (QED) is 0.232. The van der Waals surface area contributed by atoms with E-state index in [2.05, 4.69) is 0 Å². The van der Waals surface area contributed by atoms with Crippen molar-refractivity contribution in [3.05, 3.63) is 118 Å². The number of amides is 4. The van der Waals surface area contributed by atoms with E-state index in [1.807, 2.05) is 30.3 Å². The molecule has 2 aliphatic rings. The van der Waals surface area contributed by atoms with Crippen molar-refractivity contribution in [1.82, 2.24) is 0 Å². The maximum atomic E-state index is 13.8. The van der Waals surface area contributed by atoms with Crippen LogP contribution in [0.1, 0.15) is 62.1 Å². The van der Waals surface area contributed by atoms with Gasteiger partial charge in [-0.25, -0.2) is 19.4 Å². The van der Waals surface area contributed by atoms with Crippen molar-refractivity contribution in [3.8, 4) is 0 Å². The highest BCUT2D eigenvalue weighted by molar-refractivity contribution is 6.41. The first kappa shape index (κ1) is 24.9. The van der Waals surface area contributed by atoms with Crippen molar-refractivity contribution < 1.29 is 39.0 Å². The topological polar surface area (TPSA) is 149 Å². The van der Waals surface area contributed by atoms with Crippen LogP contribution in [0.5, 0.6) is 0 Å². The summed E-state index contributed by atoms with van der Waals surface area (Å²) in [7, 11) is 0. The van der Waals surface area contributed by atoms with Crippen molar-refractivity contribution in [2.45, 2.75) is 0 Å². The van der Waals surface area contributed by atoms with Crippen LogP contribution in [0.4, 0.5) is 11.4 Å². The van der Waals surface area contributed by atoms with Crippen LogP contribution >= 0.6 is 0 Å². The van der Waals surface area contributed by atoms with Crippen LogP contribution in [0.15, 0.2) is 84.9 Å². The van der Waals surface area contributed by atoms with Crippen molar-refractivity contribution in [3.63, 3.8) is 0 Å². The summed E-state index contributed by atoms with van der Waals surface area (Å²) < 4.78 is 0. The minimum Gasteiger partial charge on any atom is -0.478 e. The number of carbonyl (C=O) groups is 6. The number of hydrogen-bond acceptors (Lipinski definition) is 6. The second kappa shape index (κ2) is 8.67. The van der Waals surface area contributed by atoms with Crippen molar-refractivity contribution in [2.75, 3.05) is 9.80 Å². The van der Waals surface area contributed by atoms with Crippen LogP contribution in [0.25, 0.3) is 21.5 Å². The molecule has 2 N–H and O–H groups in total. The lowest BCUT2D eigenvalue weighted by molar-refractivity contribution is 0.0686. The summed E-state index contributed by atoms with van der Waals surface area (Å²) >= 11 is 0. The molecule has 2 aliphatic heterocycles. The van der Waals surface area contributed by atoms with Crippen LogP contribution in [-0.2, 0) is 0 Å². The SMILES string of the molecule is O=C(O)c1ccc2c(c1)C(=O)N(c1ccc3cc4ccccc4cc3c1N1C(=O)c3ccc(C(=O)O)cc3C1=O)C2=O. The van der Waals surface area contributed by atoms with Crippen molar-refractivity contribution >= 4 is 68.5 Å². The summed E-state index contributed by atoms with van der Waals surface area (Å²) in [5.41, 5.74) is -0.768. The maximum Gasteiger partial charge on any atom is 0.335 e. The van der Waals surface area contributed by atoms with Crippen LogP contribution < -0.4 is 9.80 Å². The van der Waals surface area contributed by atoms with E-state index in [1.165, 1.54) is 30.3 Å². The standard InChI is InChI=1S/C32H16N2O8/c35-27-20-8-5-18(31(39)40)13-23(20)29(37)33(27)25-10-7-17-11-15-3-1-2-4-16(15)12-22(17)26(25)34-28(36)21-9-6-19(32(41)42)14-24(21)30(34)38/h1-14H,(H,39,40)(H,41,42). The smallest absolute Gasteiger partial charge is 0.335 e. The third-order valence-electron chi connectivity index (χ3n) is 7.57. The number of hydrogen-bond donors (Lipinski definition) is 2. The molecule has 2 heterocycles. The van der Waals surface area contributed by atoms with Gasteiger partial charge in [-0.1, -0.05) is 30.3 Å². The minimum absolute atomic E-state index is 0.0250. The Hall–Kier alpha value is -6.16. The minimum atomic E-state index is -1.28. The molecule has 0 saturated heterocycles.